The van der Waals surface area contributed by atoms with Crippen molar-refractivity contribution in [1.29, 1.82) is 0 Å². The number of halogens is 2. The summed E-state index contributed by atoms with van der Waals surface area (Å²) in [5.74, 6) is -1.58. The molecule has 0 fully saturated rings. The average Bonchev–Trinajstić information content (AvgIpc) is 2.82. The zero-order chi connectivity index (χ0) is 13.1. The number of aromatic nitrogens is 2. The molecular formula is C11H11F2N3O2. The smallest absolute Gasteiger partial charge is 0.240 e. The van der Waals surface area contributed by atoms with Crippen molar-refractivity contribution in [2.45, 2.75) is 13.2 Å². The minimum Gasteiger partial charge on any atom is -0.380 e. The maximum Gasteiger partial charge on any atom is 0.240 e. The molecule has 0 saturated carbocycles. The van der Waals surface area contributed by atoms with E-state index in [2.05, 4.69) is 10.1 Å². The van der Waals surface area contributed by atoms with E-state index in [-0.39, 0.29) is 36.0 Å². The fourth-order valence-electron chi connectivity index (χ4n) is 1.51. The van der Waals surface area contributed by atoms with Crippen molar-refractivity contribution in [2.75, 3.05) is 7.11 Å². The topological polar surface area (TPSA) is 74.2 Å². The number of hydrogen-bond acceptors (Lipinski definition) is 5. The van der Waals surface area contributed by atoms with Gasteiger partial charge in [0, 0.05) is 12.7 Å². The number of rotatable bonds is 4. The normalized spacial score (nSPS) is 10.9. The standard InChI is InChI=1S/C11H11F2N3O2/c1-17-5-6-2-3-7(12)9(10(6)13)11-15-8(4-14)18-16-11/h2-3H,4-5,14H2,1H3. The maximum absolute atomic E-state index is 14.0. The number of benzene rings is 1. The number of nitrogens with zero attached hydrogens (tertiary/aromatic N) is 2. The van der Waals surface area contributed by atoms with Crippen LogP contribution in [0.2, 0.25) is 0 Å². The van der Waals surface area contributed by atoms with Crippen LogP contribution in [0.4, 0.5) is 8.78 Å². The first kappa shape index (κ1) is 12.6. The van der Waals surface area contributed by atoms with Crippen LogP contribution in [0.1, 0.15) is 11.5 Å². The largest absolute Gasteiger partial charge is 0.380 e. The van der Waals surface area contributed by atoms with Gasteiger partial charge < -0.3 is 15.0 Å². The maximum atomic E-state index is 14.0. The van der Waals surface area contributed by atoms with Crippen LogP contribution < -0.4 is 5.73 Å². The molecule has 1 aromatic carbocycles. The van der Waals surface area contributed by atoms with E-state index in [1.807, 2.05) is 0 Å². The molecule has 0 unspecified atom stereocenters. The van der Waals surface area contributed by atoms with E-state index < -0.39 is 11.6 Å². The van der Waals surface area contributed by atoms with Gasteiger partial charge in [-0.2, -0.15) is 4.98 Å². The SMILES string of the molecule is COCc1ccc(F)c(-c2noc(CN)n2)c1F. The number of hydrogen-bond donors (Lipinski definition) is 1. The van der Waals surface area contributed by atoms with E-state index in [4.69, 9.17) is 15.0 Å². The second-order valence-corrected chi connectivity index (χ2v) is 3.54. The number of ether oxygens (including phenoxy) is 1. The highest BCUT2D eigenvalue weighted by Gasteiger charge is 2.20. The van der Waals surface area contributed by atoms with Crippen molar-refractivity contribution in [1.82, 2.24) is 10.1 Å². The van der Waals surface area contributed by atoms with Gasteiger partial charge in [-0.15, -0.1) is 0 Å². The summed E-state index contributed by atoms with van der Waals surface area (Å²) in [4.78, 5) is 3.80. The predicted octanol–water partition coefficient (Wildman–Crippen LogP) is 1.62. The van der Waals surface area contributed by atoms with E-state index in [9.17, 15) is 8.78 Å². The molecule has 2 rings (SSSR count). The molecule has 0 aliphatic rings. The Kier molecular flexibility index (Phi) is 3.63. The molecule has 0 radical (unpaired) electrons. The summed E-state index contributed by atoms with van der Waals surface area (Å²) in [7, 11) is 1.42. The van der Waals surface area contributed by atoms with Crippen LogP contribution in [0.25, 0.3) is 11.4 Å². The molecule has 1 heterocycles. The average molecular weight is 255 g/mol. The summed E-state index contributed by atoms with van der Waals surface area (Å²) >= 11 is 0. The summed E-state index contributed by atoms with van der Waals surface area (Å²) in [6, 6.07) is 2.44. The zero-order valence-electron chi connectivity index (χ0n) is 9.61. The number of methoxy groups -OCH3 is 1. The van der Waals surface area contributed by atoms with E-state index >= 15 is 0 Å². The van der Waals surface area contributed by atoms with Gasteiger partial charge in [0.15, 0.2) is 0 Å². The summed E-state index contributed by atoms with van der Waals surface area (Å²) in [5, 5.41) is 3.49. The number of nitrogens with two attached hydrogens (primary N) is 1. The third kappa shape index (κ3) is 2.22. The van der Waals surface area contributed by atoms with E-state index in [0.717, 1.165) is 6.07 Å². The molecule has 1 aromatic heterocycles. The highest BCUT2D eigenvalue weighted by atomic mass is 19.1. The van der Waals surface area contributed by atoms with Gasteiger partial charge >= 0.3 is 0 Å². The molecule has 2 aromatic rings. The van der Waals surface area contributed by atoms with Crippen molar-refractivity contribution in [3.8, 4) is 11.4 Å². The first-order valence-corrected chi connectivity index (χ1v) is 5.16. The Bertz CT molecular complexity index is 557. The van der Waals surface area contributed by atoms with Crippen molar-refractivity contribution in [3.63, 3.8) is 0 Å². The van der Waals surface area contributed by atoms with Crippen LogP contribution in [-0.4, -0.2) is 17.3 Å². The van der Waals surface area contributed by atoms with Crippen LogP contribution in [0.15, 0.2) is 16.7 Å². The van der Waals surface area contributed by atoms with E-state index in [1.54, 1.807) is 0 Å². The molecule has 0 spiro atoms. The molecule has 0 amide bonds. The Morgan fingerprint density at radius 1 is 1.39 bits per heavy atom. The van der Waals surface area contributed by atoms with Crippen LogP contribution in [0, 0.1) is 11.6 Å². The first-order chi connectivity index (χ1) is 8.67. The summed E-state index contributed by atoms with van der Waals surface area (Å²) in [5.41, 5.74) is 5.17. The lowest BCUT2D eigenvalue weighted by Crippen LogP contribution is -2.00. The molecule has 0 saturated heterocycles. The molecular weight excluding hydrogens is 244 g/mol. The predicted molar refractivity (Wildman–Crippen MR) is 58.3 cm³/mol. The lowest BCUT2D eigenvalue weighted by atomic mass is 10.1. The van der Waals surface area contributed by atoms with Gasteiger partial charge in [-0.1, -0.05) is 11.2 Å². The molecule has 0 bridgehead atoms. The Morgan fingerprint density at radius 3 is 2.78 bits per heavy atom. The quantitative estimate of drug-likeness (QED) is 0.898. The molecule has 18 heavy (non-hydrogen) atoms. The molecule has 0 aliphatic carbocycles. The Balaban J connectivity index is 2.51. The second-order valence-electron chi connectivity index (χ2n) is 3.54. The van der Waals surface area contributed by atoms with E-state index in [0.29, 0.717) is 0 Å². The Hall–Kier alpha value is -1.86. The summed E-state index contributed by atoms with van der Waals surface area (Å²) in [6.07, 6.45) is 0. The molecule has 96 valence electrons. The Labute approximate surface area is 102 Å². The minimum absolute atomic E-state index is 0.00794. The minimum atomic E-state index is -0.767. The second kappa shape index (κ2) is 5.19. The van der Waals surface area contributed by atoms with Gasteiger partial charge in [0.2, 0.25) is 11.7 Å². The van der Waals surface area contributed by atoms with Crippen LogP contribution in [-0.2, 0) is 17.9 Å². The van der Waals surface area contributed by atoms with Gasteiger partial charge in [0.25, 0.3) is 0 Å². The molecule has 0 atom stereocenters. The Morgan fingerprint density at radius 2 is 2.17 bits per heavy atom. The van der Waals surface area contributed by atoms with Crippen molar-refractivity contribution in [2.24, 2.45) is 5.73 Å². The third-order valence-electron chi connectivity index (χ3n) is 2.34. The van der Waals surface area contributed by atoms with Crippen molar-refractivity contribution >= 4 is 0 Å². The van der Waals surface area contributed by atoms with Crippen LogP contribution >= 0.6 is 0 Å². The molecule has 0 aliphatic heterocycles. The highest BCUT2D eigenvalue weighted by Crippen LogP contribution is 2.26. The lowest BCUT2D eigenvalue weighted by molar-refractivity contribution is 0.181. The molecule has 2 N–H and O–H groups in total. The van der Waals surface area contributed by atoms with E-state index in [1.165, 1.54) is 13.2 Å². The van der Waals surface area contributed by atoms with Gasteiger partial charge in [0.1, 0.15) is 11.6 Å². The van der Waals surface area contributed by atoms with Gasteiger partial charge in [-0.05, 0) is 6.07 Å². The first-order valence-electron chi connectivity index (χ1n) is 5.16. The van der Waals surface area contributed by atoms with Crippen molar-refractivity contribution < 1.29 is 18.0 Å². The fourth-order valence-corrected chi connectivity index (χ4v) is 1.51. The van der Waals surface area contributed by atoms with Gasteiger partial charge in [-0.25, -0.2) is 8.78 Å². The van der Waals surface area contributed by atoms with Gasteiger partial charge in [-0.3, -0.25) is 0 Å². The lowest BCUT2D eigenvalue weighted by Gasteiger charge is -2.05. The summed E-state index contributed by atoms with van der Waals surface area (Å²) < 4.78 is 37.2. The monoisotopic (exact) mass is 255 g/mol. The summed E-state index contributed by atoms with van der Waals surface area (Å²) in [6.45, 7) is 0.0364. The molecule has 5 nitrogen and oxygen atoms in total. The fraction of sp³-hybridized carbons (Fsp3) is 0.273. The molecule has 7 heteroatoms. The van der Waals surface area contributed by atoms with Gasteiger partial charge in [0.05, 0.1) is 18.7 Å². The highest BCUT2D eigenvalue weighted by molar-refractivity contribution is 5.57. The zero-order valence-corrected chi connectivity index (χ0v) is 9.61. The third-order valence-corrected chi connectivity index (χ3v) is 2.34. The van der Waals surface area contributed by atoms with Crippen LogP contribution in [0.5, 0.6) is 0 Å². The van der Waals surface area contributed by atoms with Crippen molar-refractivity contribution in [3.05, 3.63) is 35.2 Å². The van der Waals surface area contributed by atoms with Crippen LogP contribution in [0.3, 0.4) is 0 Å².